The quantitative estimate of drug-likeness (QED) is 0.811. The van der Waals surface area contributed by atoms with E-state index in [0.29, 0.717) is 0 Å². The number of hydrogen-bond donors (Lipinski definition) is 2. The van der Waals surface area contributed by atoms with E-state index < -0.39 is 0 Å². The minimum Gasteiger partial charge on any atom is -0.398 e. The molecule has 1 aromatic carbocycles. The Morgan fingerprint density at radius 2 is 1.75 bits per heavy atom. The highest BCUT2D eigenvalue weighted by molar-refractivity contribution is 5.99. The molecule has 0 amide bonds. The summed E-state index contributed by atoms with van der Waals surface area (Å²) >= 11 is 0. The Morgan fingerprint density at radius 1 is 1.05 bits per heavy atom. The molecule has 1 aromatic heterocycles. The van der Waals surface area contributed by atoms with E-state index in [0.717, 1.165) is 28.7 Å². The summed E-state index contributed by atoms with van der Waals surface area (Å²) in [7, 11) is 0. The molecule has 0 spiro atoms. The molecule has 0 fully saturated rings. The van der Waals surface area contributed by atoms with Gasteiger partial charge in [0.05, 0.1) is 0 Å². The van der Waals surface area contributed by atoms with Gasteiger partial charge in [0, 0.05) is 28.2 Å². The third-order valence-electron chi connectivity index (χ3n) is 3.27. The summed E-state index contributed by atoms with van der Waals surface area (Å²) in [4.78, 5) is 4.50. The molecule has 20 heavy (non-hydrogen) atoms. The number of benzene rings is 1. The molecule has 0 saturated carbocycles. The van der Waals surface area contributed by atoms with E-state index >= 15 is 0 Å². The summed E-state index contributed by atoms with van der Waals surface area (Å²) in [5, 5.41) is 5.71. The van der Waals surface area contributed by atoms with Gasteiger partial charge in [-0.2, -0.15) is 0 Å². The molecule has 0 radical (unpaired) electrons. The van der Waals surface area contributed by atoms with Crippen molar-refractivity contribution in [2.45, 2.75) is 46.6 Å². The van der Waals surface area contributed by atoms with Crippen LogP contribution < -0.4 is 11.1 Å². The maximum Gasteiger partial charge on any atom is 0.134 e. The summed E-state index contributed by atoms with van der Waals surface area (Å²) in [5.41, 5.74) is 7.07. The number of anilines is 2. The predicted molar refractivity (Wildman–Crippen MR) is 87.9 cm³/mol. The van der Waals surface area contributed by atoms with Crippen LogP contribution in [0.5, 0.6) is 0 Å². The number of nitrogens with two attached hydrogens (primary N) is 1. The Labute approximate surface area is 121 Å². The summed E-state index contributed by atoms with van der Waals surface area (Å²) < 4.78 is 0. The van der Waals surface area contributed by atoms with Crippen LogP contribution >= 0.6 is 0 Å². The van der Waals surface area contributed by atoms with Gasteiger partial charge < -0.3 is 11.1 Å². The van der Waals surface area contributed by atoms with Gasteiger partial charge in [0.25, 0.3) is 0 Å². The number of nitrogens with zero attached hydrogens (tertiary/aromatic N) is 1. The van der Waals surface area contributed by atoms with E-state index in [4.69, 9.17) is 5.73 Å². The van der Waals surface area contributed by atoms with E-state index in [1.807, 2.05) is 24.4 Å². The molecule has 0 bridgehead atoms. The molecular weight excluding hydrogens is 246 g/mol. The molecule has 0 aliphatic heterocycles. The SMILES string of the molecule is CC(C)(C)CC(C)(C)Nc1nccc2c(N)cccc12. The third kappa shape index (κ3) is 3.41. The molecule has 0 aliphatic rings. The lowest BCUT2D eigenvalue weighted by atomic mass is 9.82. The maximum absolute atomic E-state index is 6.04. The summed E-state index contributed by atoms with van der Waals surface area (Å²) in [6.07, 6.45) is 2.87. The zero-order valence-electron chi connectivity index (χ0n) is 13.1. The molecule has 3 heteroatoms. The lowest BCUT2D eigenvalue weighted by Crippen LogP contribution is -2.35. The van der Waals surface area contributed by atoms with Gasteiger partial charge in [-0.3, -0.25) is 0 Å². The molecule has 2 aromatic rings. The van der Waals surface area contributed by atoms with E-state index in [2.05, 4.69) is 51.0 Å². The van der Waals surface area contributed by atoms with Gasteiger partial charge in [-0.05, 0) is 37.8 Å². The Bertz CT molecular complexity index is 609. The zero-order valence-corrected chi connectivity index (χ0v) is 13.1. The average molecular weight is 271 g/mol. The molecule has 0 atom stereocenters. The van der Waals surface area contributed by atoms with Gasteiger partial charge in [-0.1, -0.05) is 32.9 Å². The lowest BCUT2D eigenvalue weighted by Gasteiger charge is -2.34. The van der Waals surface area contributed by atoms with Crippen molar-refractivity contribution in [3.63, 3.8) is 0 Å². The van der Waals surface area contributed by atoms with Gasteiger partial charge in [0.1, 0.15) is 5.82 Å². The fourth-order valence-corrected chi connectivity index (χ4v) is 3.02. The monoisotopic (exact) mass is 271 g/mol. The molecular formula is C17H25N3. The Hall–Kier alpha value is -1.77. The molecule has 2 rings (SSSR count). The molecule has 0 saturated heterocycles. The van der Waals surface area contributed by atoms with Crippen molar-refractivity contribution in [2.24, 2.45) is 5.41 Å². The number of hydrogen-bond acceptors (Lipinski definition) is 3. The highest BCUT2D eigenvalue weighted by Crippen LogP contribution is 2.32. The van der Waals surface area contributed by atoms with Gasteiger partial charge >= 0.3 is 0 Å². The fraction of sp³-hybridized carbons (Fsp3) is 0.471. The smallest absolute Gasteiger partial charge is 0.134 e. The Balaban J connectivity index is 2.37. The number of rotatable bonds is 3. The number of aromatic nitrogens is 1. The van der Waals surface area contributed by atoms with Crippen LogP contribution in [-0.2, 0) is 0 Å². The summed E-state index contributed by atoms with van der Waals surface area (Å²) in [6.45, 7) is 11.2. The van der Waals surface area contributed by atoms with Crippen molar-refractivity contribution in [1.29, 1.82) is 0 Å². The van der Waals surface area contributed by atoms with Crippen LogP contribution in [0.1, 0.15) is 41.0 Å². The standard InChI is InChI=1S/C17H25N3/c1-16(2,3)11-17(4,5)20-15-13-7-6-8-14(18)12(13)9-10-19-15/h6-10H,11,18H2,1-5H3,(H,19,20). The van der Waals surface area contributed by atoms with Gasteiger partial charge in [0.15, 0.2) is 0 Å². The van der Waals surface area contributed by atoms with E-state index in [1.54, 1.807) is 0 Å². The second-order valence-corrected chi connectivity index (χ2v) is 7.35. The van der Waals surface area contributed by atoms with Crippen LogP contribution in [0.2, 0.25) is 0 Å². The van der Waals surface area contributed by atoms with Crippen LogP contribution in [0, 0.1) is 5.41 Å². The third-order valence-corrected chi connectivity index (χ3v) is 3.27. The van der Waals surface area contributed by atoms with Gasteiger partial charge in [-0.25, -0.2) is 4.98 Å². The highest BCUT2D eigenvalue weighted by atomic mass is 15.0. The first-order valence-electron chi connectivity index (χ1n) is 7.09. The lowest BCUT2D eigenvalue weighted by molar-refractivity contribution is 0.302. The molecule has 3 nitrogen and oxygen atoms in total. The molecule has 0 unspecified atom stereocenters. The van der Waals surface area contributed by atoms with Crippen molar-refractivity contribution in [1.82, 2.24) is 4.98 Å². The van der Waals surface area contributed by atoms with Crippen molar-refractivity contribution < 1.29 is 0 Å². The van der Waals surface area contributed by atoms with Crippen LogP contribution in [0.3, 0.4) is 0 Å². The molecule has 1 heterocycles. The van der Waals surface area contributed by atoms with Crippen molar-refractivity contribution in [3.05, 3.63) is 30.5 Å². The van der Waals surface area contributed by atoms with Crippen molar-refractivity contribution in [2.75, 3.05) is 11.1 Å². The Morgan fingerprint density at radius 3 is 2.40 bits per heavy atom. The number of nitrogens with one attached hydrogen (secondary N) is 1. The minimum atomic E-state index is -0.0237. The van der Waals surface area contributed by atoms with Gasteiger partial charge in [0.2, 0.25) is 0 Å². The second kappa shape index (κ2) is 4.97. The number of nitrogen functional groups attached to an aromatic ring is 1. The predicted octanol–water partition coefficient (Wildman–Crippen LogP) is 4.44. The largest absolute Gasteiger partial charge is 0.398 e. The molecule has 0 aliphatic carbocycles. The van der Waals surface area contributed by atoms with Crippen LogP contribution in [-0.4, -0.2) is 10.5 Å². The van der Waals surface area contributed by atoms with E-state index in [9.17, 15) is 0 Å². The van der Waals surface area contributed by atoms with E-state index in [1.165, 1.54) is 0 Å². The maximum atomic E-state index is 6.04. The molecule has 108 valence electrons. The van der Waals surface area contributed by atoms with Crippen LogP contribution in [0.25, 0.3) is 10.8 Å². The Kier molecular flexibility index (Phi) is 3.63. The minimum absolute atomic E-state index is 0.0237. The number of fused-ring (bicyclic) bond motifs is 1. The zero-order chi connectivity index (χ0) is 15.0. The molecule has 3 N–H and O–H groups in total. The van der Waals surface area contributed by atoms with Crippen molar-refractivity contribution >= 4 is 22.3 Å². The topological polar surface area (TPSA) is 50.9 Å². The second-order valence-electron chi connectivity index (χ2n) is 7.35. The average Bonchev–Trinajstić information content (AvgIpc) is 2.26. The van der Waals surface area contributed by atoms with Crippen LogP contribution in [0.15, 0.2) is 30.5 Å². The first-order valence-corrected chi connectivity index (χ1v) is 7.09. The van der Waals surface area contributed by atoms with Crippen LogP contribution in [0.4, 0.5) is 11.5 Å². The van der Waals surface area contributed by atoms with E-state index in [-0.39, 0.29) is 11.0 Å². The first-order chi connectivity index (χ1) is 9.18. The van der Waals surface area contributed by atoms with Gasteiger partial charge in [-0.15, -0.1) is 0 Å². The fourth-order valence-electron chi connectivity index (χ4n) is 3.02. The number of pyridine rings is 1. The normalized spacial score (nSPS) is 12.7. The highest BCUT2D eigenvalue weighted by Gasteiger charge is 2.26. The summed E-state index contributed by atoms with van der Waals surface area (Å²) in [6, 6.07) is 7.93. The van der Waals surface area contributed by atoms with Crippen molar-refractivity contribution in [3.8, 4) is 0 Å². The summed E-state index contributed by atoms with van der Waals surface area (Å²) in [5.74, 6) is 0.907. The first kappa shape index (κ1) is 14.6.